The molecule has 23 heavy (non-hydrogen) atoms. The summed E-state index contributed by atoms with van der Waals surface area (Å²) in [5, 5.41) is 6.73. The molecule has 0 radical (unpaired) electrons. The normalized spacial score (nSPS) is 25.0. The van der Waals surface area contributed by atoms with Gasteiger partial charge in [0, 0.05) is 19.2 Å². The van der Waals surface area contributed by atoms with Gasteiger partial charge < -0.3 is 14.6 Å². The van der Waals surface area contributed by atoms with E-state index >= 15 is 0 Å². The third kappa shape index (κ3) is 3.90. The lowest BCUT2D eigenvalue weighted by Gasteiger charge is -2.21. The van der Waals surface area contributed by atoms with Crippen molar-refractivity contribution in [2.45, 2.75) is 50.6 Å². The van der Waals surface area contributed by atoms with Gasteiger partial charge in [-0.25, -0.2) is 0 Å². The Kier molecular flexibility index (Phi) is 4.31. The molecule has 2 aliphatic carbocycles. The molecule has 2 saturated carbocycles. The molecular formula is C16H24N4O3. The predicted molar refractivity (Wildman–Crippen MR) is 81.9 cm³/mol. The fourth-order valence-corrected chi connectivity index (χ4v) is 3.03. The fraction of sp³-hybridized carbons (Fsp3) is 0.812. The molecule has 3 aliphatic rings. The Labute approximate surface area is 135 Å². The maximum atomic E-state index is 12.0. The first kappa shape index (κ1) is 15.1. The summed E-state index contributed by atoms with van der Waals surface area (Å²) in [7, 11) is 0. The monoisotopic (exact) mass is 320 g/mol. The number of amides is 1. The zero-order valence-electron chi connectivity index (χ0n) is 13.4. The number of carbonyl (C=O) groups excluding carboxylic acids is 1. The van der Waals surface area contributed by atoms with Crippen LogP contribution >= 0.6 is 0 Å². The summed E-state index contributed by atoms with van der Waals surface area (Å²) in [6.45, 7) is 3.54. The first-order valence-electron chi connectivity index (χ1n) is 8.76. The third-order valence-electron chi connectivity index (χ3n) is 4.78. The smallest absolute Gasteiger partial charge is 0.292 e. The highest BCUT2D eigenvalue weighted by Crippen LogP contribution is 2.31. The van der Waals surface area contributed by atoms with Crippen LogP contribution in [-0.4, -0.2) is 53.3 Å². The number of hydrogen-bond acceptors (Lipinski definition) is 6. The molecule has 1 amide bonds. The Morgan fingerprint density at radius 2 is 2.17 bits per heavy atom. The summed E-state index contributed by atoms with van der Waals surface area (Å²) in [4.78, 5) is 18.6. The van der Waals surface area contributed by atoms with E-state index in [0.29, 0.717) is 11.9 Å². The van der Waals surface area contributed by atoms with Crippen molar-refractivity contribution in [1.82, 2.24) is 20.4 Å². The lowest BCUT2D eigenvalue weighted by atomic mass is 10.2. The molecule has 1 saturated heterocycles. The second kappa shape index (κ2) is 6.57. The molecule has 3 fully saturated rings. The number of ether oxygens (including phenoxy) is 1. The largest absolute Gasteiger partial charge is 0.380 e. The van der Waals surface area contributed by atoms with Crippen LogP contribution in [0.15, 0.2) is 4.52 Å². The van der Waals surface area contributed by atoms with Gasteiger partial charge in [-0.3, -0.25) is 9.69 Å². The van der Waals surface area contributed by atoms with E-state index in [2.05, 4.69) is 20.4 Å². The lowest BCUT2D eigenvalue weighted by molar-refractivity contribution is 0.0871. The lowest BCUT2D eigenvalue weighted by Crippen LogP contribution is -2.28. The van der Waals surface area contributed by atoms with Crippen molar-refractivity contribution < 1.29 is 14.1 Å². The maximum absolute atomic E-state index is 12.0. The number of rotatable bonds is 8. The zero-order valence-corrected chi connectivity index (χ0v) is 13.4. The molecule has 2 heterocycles. The minimum absolute atomic E-state index is 0.120. The van der Waals surface area contributed by atoms with Gasteiger partial charge in [0.25, 0.3) is 11.7 Å². The summed E-state index contributed by atoms with van der Waals surface area (Å²) in [6, 6.07) is 0.422. The second-order valence-electron chi connectivity index (χ2n) is 6.92. The second-order valence-corrected chi connectivity index (χ2v) is 6.92. The SMILES string of the molecule is O=C(NC1CC1)c1noc([C@H]2CCCN2CCOCC2CC2)n1. The standard InChI is InChI=1S/C16H24N4O3/c21-15(17-12-5-6-12)14-18-16(23-19-14)13-2-1-7-20(13)8-9-22-10-11-3-4-11/h11-13H,1-10H2,(H,17,21)/t13-/m1/s1. The van der Waals surface area contributed by atoms with Gasteiger partial charge >= 0.3 is 0 Å². The van der Waals surface area contributed by atoms with Gasteiger partial charge in [0.1, 0.15) is 0 Å². The molecule has 1 aromatic rings. The third-order valence-corrected chi connectivity index (χ3v) is 4.78. The van der Waals surface area contributed by atoms with E-state index in [1.807, 2.05) is 0 Å². The predicted octanol–water partition coefficient (Wildman–Crippen LogP) is 1.53. The molecule has 126 valence electrons. The molecule has 1 N–H and O–H groups in total. The average Bonchev–Trinajstić information content (AvgIpc) is 3.44. The van der Waals surface area contributed by atoms with Crippen LogP contribution in [0.2, 0.25) is 0 Å². The van der Waals surface area contributed by atoms with Crippen molar-refractivity contribution in [2.75, 3.05) is 26.3 Å². The molecule has 1 aliphatic heterocycles. The van der Waals surface area contributed by atoms with Crippen LogP contribution in [0.5, 0.6) is 0 Å². The zero-order chi connectivity index (χ0) is 15.6. The molecule has 1 aromatic heterocycles. The van der Waals surface area contributed by atoms with Crippen LogP contribution in [0.4, 0.5) is 0 Å². The number of hydrogen-bond donors (Lipinski definition) is 1. The van der Waals surface area contributed by atoms with Crippen molar-refractivity contribution in [3.63, 3.8) is 0 Å². The van der Waals surface area contributed by atoms with Gasteiger partial charge in [0.2, 0.25) is 5.89 Å². The Bertz CT molecular complexity index is 553. The van der Waals surface area contributed by atoms with E-state index in [9.17, 15) is 4.79 Å². The Morgan fingerprint density at radius 1 is 1.30 bits per heavy atom. The fourth-order valence-electron chi connectivity index (χ4n) is 3.03. The average molecular weight is 320 g/mol. The Balaban J connectivity index is 1.30. The summed E-state index contributed by atoms with van der Waals surface area (Å²) in [5.41, 5.74) is 0. The van der Waals surface area contributed by atoms with Crippen LogP contribution in [0.25, 0.3) is 0 Å². The molecule has 4 rings (SSSR count). The molecule has 7 heteroatoms. The highest BCUT2D eigenvalue weighted by Gasteiger charge is 2.32. The summed E-state index contributed by atoms with van der Waals surface area (Å²) in [5.74, 6) is 1.29. The first-order chi connectivity index (χ1) is 11.3. The van der Waals surface area contributed by atoms with Crippen molar-refractivity contribution in [2.24, 2.45) is 5.92 Å². The van der Waals surface area contributed by atoms with Crippen LogP contribution in [-0.2, 0) is 4.74 Å². The van der Waals surface area contributed by atoms with Crippen molar-refractivity contribution >= 4 is 5.91 Å². The van der Waals surface area contributed by atoms with Crippen molar-refractivity contribution in [1.29, 1.82) is 0 Å². The molecule has 1 atom stereocenters. The van der Waals surface area contributed by atoms with E-state index in [4.69, 9.17) is 9.26 Å². The number of nitrogens with zero attached hydrogens (tertiary/aromatic N) is 3. The van der Waals surface area contributed by atoms with Crippen LogP contribution in [0, 0.1) is 5.92 Å². The molecule has 0 spiro atoms. The minimum atomic E-state index is -0.222. The van der Waals surface area contributed by atoms with Gasteiger partial charge in [-0.2, -0.15) is 4.98 Å². The Morgan fingerprint density at radius 3 is 2.96 bits per heavy atom. The molecular weight excluding hydrogens is 296 g/mol. The van der Waals surface area contributed by atoms with E-state index in [0.717, 1.165) is 57.9 Å². The van der Waals surface area contributed by atoms with E-state index in [-0.39, 0.29) is 17.8 Å². The minimum Gasteiger partial charge on any atom is -0.380 e. The summed E-state index contributed by atoms with van der Waals surface area (Å²) >= 11 is 0. The quantitative estimate of drug-likeness (QED) is 0.732. The number of nitrogens with one attached hydrogen (secondary N) is 1. The number of aromatic nitrogens is 2. The van der Waals surface area contributed by atoms with Crippen LogP contribution < -0.4 is 5.32 Å². The van der Waals surface area contributed by atoms with Crippen LogP contribution in [0.1, 0.15) is 61.1 Å². The van der Waals surface area contributed by atoms with Gasteiger partial charge in [-0.05, 0) is 51.0 Å². The summed E-state index contributed by atoms with van der Waals surface area (Å²) < 4.78 is 11.1. The molecule has 0 unspecified atom stereocenters. The van der Waals surface area contributed by atoms with Gasteiger partial charge in [0.15, 0.2) is 0 Å². The molecule has 7 nitrogen and oxygen atoms in total. The molecule has 0 bridgehead atoms. The van der Waals surface area contributed by atoms with Gasteiger partial charge in [-0.1, -0.05) is 5.16 Å². The first-order valence-corrected chi connectivity index (χ1v) is 8.76. The highest BCUT2D eigenvalue weighted by molar-refractivity contribution is 5.90. The van der Waals surface area contributed by atoms with Gasteiger partial charge in [-0.15, -0.1) is 0 Å². The molecule has 0 aromatic carbocycles. The van der Waals surface area contributed by atoms with E-state index < -0.39 is 0 Å². The number of carbonyl (C=O) groups is 1. The van der Waals surface area contributed by atoms with Gasteiger partial charge in [0.05, 0.1) is 12.6 Å². The topological polar surface area (TPSA) is 80.5 Å². The van der Waals surface area contributed by atoms with E-state index in [1.54, 1.807) is 0 Å². The van der Waals surface area contributed by atoms with E-state index in [1.165, 1.54) is 12.8 Å². The highest BCUT2D eigenvalue weighted by atomic mass is 16.5. The number of likely N-dealkylation sites (tertiary alicyclic amines) is 1. The van der Waals surface area contributed by atoms with Crippen molar-refractivity contribution in [3.8, 4) is 0 Å². The summed E-state index contributed by atoms with van der Waals surface area (Å²) in [6.07, 6.45) is 6.84. The Hall–Kier alpha value is -1.47. The van der Waals surface area contributed by atoms with Crippen molar-refractivity contribution in [3.05, 3.63) is 11.7 Å². The van der Waals surface area contributed by atoms with Crippen LogP contribution in [0.3, 0.4) is 0 Å². The maximum Gasteiger partial charge on any atom is 0.292 e.